The van der Waals surface area contributed by atoms with Crippen LogP contribution in [0, 0.1) is 0 Å². The molecule has 0 fully saturated rings. The molecule has 0 bridgehead atoms. The van der Waals surface area contributed by atoms with Crippen LogP contribution in [-0.4, -0.2) is 46.1 Å². The molecule has 260 valence electrons. The Bertz CT molecular complexity index is 785. The number of aliphatic hydroxyl groups excluding tert-OH is 3. The Balaban J connectivity index is 3.91. The highest BCUT2D eigenvalue weighted by molar-refractivity contribution is 5.77. The highest BCUT2D eigenvalue weighted by atomic mass is 16.3. The maximum atomic E-state index is 12.3. The van der Waals surface area contributed by atoms with Crippen molar-refractivity contribution in [2.45, 2.75) is 180 Å². The molecular weight excluding hydrogens is 558 g/mol. The molecule has 0 aromatic heterocycles. The molecule has 0 radical (unpaired) electrons. The second-order valence-electron chi connectivity index (χ2n) is 12.5. The molecular formula is C40H71NO4. The SMILES string of the molecule is CCCCCCCC/C=C\C/C=C\C(O)CC(=O)NC(CO)C(O)/C=C/CC/C=C/CC/C=C/CCCCCCCCCCC. The molecule has 0 heterocycles. The standard InChI is InChI=1S/C40H71NO4/c1-3-5-7-9-11-13-15-16-17-18-19-20-21-22-24-26-28-30-32-34-39(44)38(36-42)41-40(45)35-37(43)33-31-29-27-25-23-14-12-10-8-6-4-2/h19-20,24-27,31-34,37-39,42-44H,3-18,21-23,28-30,35-36H2,1-2H3,(H,41,45)/b20-19+,26-24+,27-25-,33-31-,34-32+. The minimum atomic E-state index is -0.983. The van der Waals surface area contributed by atoms with E-state index in [1.54, 1.807) is 12.2 Å². The van der Waals surface area contributed by atoms with Crippen LogP contribution in [0.5, 0.6) is 0 Å². The third-order valence-electron chi connectivity index (χ3n) is 8.01. The minimum Gasteiger partial charge on any atom is -0.394 e. The number of carbonyl (C=O) groups excluding carboxylic acids is 1. The first-order chi connectivity index (χ1) is 22.0. The first-order valence-corrected chi connectivity index (χ1v) is 18.6. The zero-order valence-corrected chi connectivity index (χ0v) is 29.2. The lowest BCUT2D eigenvalue weighted by Crippen LogP contribution is -2.45. The Morgan fingerprint density at radius 3 is 1.51 bits per heavy atom. The van der Waals surface area contributed by atoms with E-state index in [0.29, 0.717) is 0 Å². The molecule has 3 atom stereocenters. The fourth-order valence-corrected chi connectivity index (χ4v) is 5.13. The smallest absolute Gasteiger partial charge is 0.223 e. The molecule has 0 aliphatic carbocycles. The number of amides is 1. The number of hydrogen-bond donors (Lipinski definition) is 4. The van der Waals surface area contributed by atoms with Crippen molar-refractivity contribution in [2.24, 2.45) is 0 Å². The van der Waals surface area contributed by atoms with Crippen LogP contribution >= 0.6 is 0 Å². The lowest BCUT2D eigenvalue weighted by molar-refractivity contribution is -0.124. The molecule has 0 aromatic carbocycles. The van der Waals surface area contributed by atoms with Crippen molar-refractivity contribution in [3.8, 4) is 0 Å². The van der Waals surface area contributed by atoms with E-state index in [-0.39, 0.29) is 13.0 Å². The van der Waals surface area contributed by atoms with Crippen LogP contribution in [0.15, 0.2) is 60.8 Å². The molecule has 0 aliphatic heterocycles. The highest BCUT2D eigenvalue weighted by Gasteiger charge is 2.19. The van der Waals surface area contributed by atoms with Gasteiger partial charge in [-0.3, -0.25) is 4.79 Å². The van der Waals surface area contributed by atoms with Crippen molar-refractivity contribution in [2.75, 3.05) is 6.61 Å². The highest BCUT2D eigenvalue weighted by Crippen LogP contribution is 2.11. The van der Waals surface area contributed by atoms with Crippen molar-refractivity contribution in [3.05, 3.63) is 60.8 Å². The minimum absolute atomic E-state index is 0.107. The van der Waals surface area contributed by atoms with Crippen LogP contribution in [0.25, 0.3) is 0 Å². The Morgan fingerprint density at radius 1 is 0.556 bits per heavy atom. The average molecular weight is 630 g/mol. The normalized spacial score (nSPS) is 14.5. The van der Waals surface area contributed by atoms with E-state index < -0.39 is 24.2 Å². The van der Waals surface area contributed by atoms with Gasteiger partial charge < -0.3 is 20.6 Å². The van der Waals surface area contributed by atoms with Crippen LogP contribution < -0.4 is 5.32 Å². The van der Waals surface area contributed by atoms with E-state index in [9.17, 15) is 20.1 Å². The van der Waals surface area contributed by atoms with E-state index in [1.807, 2.05) is 12.2 Å². The lowest BCUT2D eigenvalue weighted by atomic mass is 10.1. The molecule has 4 N–H and O–H groups in total. The average Bonchev–Trinajstić information content (AvgIpc) is 3.03. The van der Waals surface area contributed by atoms with Gasteiger partial charge in [0, 0.05) is 0 Å². The maximum Gasteiger partial charge on any atom is 0.223 e. The number of hydrogen-bond acceptors (Lipinski definition) is 4. The van der Waals surface area contributed by atoms with Gasteiger partial charge >= 0.3 is 0 Å². The molecule has 0 saturated carbocycles. The van der Waals surface area contributed by atoms with Crippen molar-refractivity contribution in [1.29, 1.82) is 0 Å². The second-order valence-corrected chi connectivity index (χ2v) is 12.5. The summed E-state index contributed by atoms with van der Waals surface area (Å²) >= 11 is 0. The van der Waals surface area contributed by atoms with Gasteiger partial charge in [-0.1, -0.05) is 158 Å². The Hall–Kier alpha value is -1.95. The van der Waals surface area contributed by atoms with Gasteiger partial charge in [0.1, 0.15) is 0 Å². The fourth-order valence-electron chi connectivity index (χ4n) is 5.13. The summed E-state index contributed by atoms with van der Waals surface area (Å²) in [6.07, 6.45) is 45.1. The summed E-state index contributed by atoms with van der Waals surface area (Å²) in [7, 11) is 0. The predicted molar refractivity (Wildman–Crippen MR) is 194 cm³/mol. The number of unbranched alkanes of at least 4 members (excludes halogenated alkanes) is 17. The van der Waals surface area contributed by atoms with Gasteiger partial charge in [0.2, 0.25) is 5.91 Å². The number of carbonyl (C=O) groups is 1. The van der Waals surface area contributed by atoms with Crippen LogP contribution in [-0.2, 0) is 4.79 Å². The largest absolute Gasteiger partial charge is 0.394 e. The van der Waals surface area contributed by atoms with Crippen molar-refractivity contribution in [1.82, 2.24) is 5.32 Å². The summed E-state index contributed by atoms with van der Waals surface area (Å²) in [5.41, 5.74) is 0. The molecule has 0 saturated heterocycles. The summed E-state index contributed by atoms with van der Waals surface area (Å²) in [4.78, 5) is 12.3. The van der Waals surface area contributed by atoms with Crippen LogP contribution in [0.2, 0.25) is 0 Å². The first-order valence-electron chi connectivity index (χ1n) is 18.6. The molecule has 3 unspecified atom stereocenters. The number of allylic oxidation sites excluding steroid dienone is 8. The number of rotatable bonds is 32. The number of nitrogens with one attached hydrogen (secondary N) is 1. The van der Waals surface area contributed by atoms with E-state index in [0.717, 1.165) is 38.5 Å². The summed E-state index contributed by atoms with van der Waals surface area (Å²) < 4.78 is 0. The molecule has 0 spiro atoms. The van der Waals surface area contributed by atoms with Crippen LogP contribution in [0.4, 0.5) is 0 Å². The Kier molecular flexibility index (Phi) is 33.4. The van der Waals surface area contributed by atoms with Gasteiger partial charge in [-0.2, -0.15) is 0 Å². The Labute approximate surface area is 278 Å². The summed E-state index contributed by atoms with van der Waals surface area (Å²) in [6.45, 7) is 4.12. The number of aliphatic hydroxyl groups is 3. The summed E-state index contributed by atoms with van der Waals surface area (Å²) in [5, 5.41) is 32.8. The molecule has 0 aliphatic rings. The molecule has 0 rings (SSSR count). The molecule has 1 amide bonds. The quantitative estimate of drug-likeness (QED) is 0.0440. The van der Waals surface area contributed by atoms with Crippen molar-refractivity contribution >= 4 is 5.91 Å². The van der Waals surface area contributed by atoms with Crippen LogP contribution in [0.1, 0.15) is 162 Å². The van der Waals surface area contributed by atoms with Gasteiger partial charge in [0.15, 0.2) is 0 Å². The topological polar surface area (TPSA) is 89.8 Å². The fraction of sp³-hybridized carbons (Fsp3) is 0.725. The Morgan fingerprint density at radius 2 is 1.00 bits per heavy atom. The van der Waals surface area contributed by atoms with Gasteiger partial charge in [0.05, 0.1) is 31.3 Å². The van der Waals surface area contributed by atoms with Gasteiger partial charge in [0.25, 0.3) is 0 Å². The zero-order valence-electron chi connectivity index (χ0n) is 29.2. The van der Waals surface area contributed by atoms with E-state index in [2.05, 4.69) is 55.6 Å². The van der Waals surface area contributed by atoms with Gasteiger partial charge in [-0.05, 0) is 57.8 Å². The monoisotopic (exact) mass is 630 g/mol. The molecule has 5 heteroatoms. The predicted octanol–water partition coefficient (Wildman–Crippen LogP) is 9.98. The van der Waals surface area contributed by atoms with Crippen molar-refractivity contribution in [3.63, 3.8) is 0 Å². The first kappa shape index (κ1) is 43.0. The molecule has 5 nitrogen and oxygen atoms in total. The molecule has 0 aromatic rings. The van der Waals surface area contributed by atoms with E-state index in [4.69, 9.17) is 0 Å². The van der Waals surface area contributed by atoms with Crippen LogP contribution in [0.3, 0.4) is 0 Å². The second kappa shape index (κ2) is 34.9. The summed E-state index contributed by atoms with van der Waals surface area (Å²) in [6, 6.07) is -0.798. The molecule has 45 heavy (non-hydrogen) atoms. The van der Waals surface area contributed by atoms with Gasteiger partial charge in [-0.15, -0.1) is 0 Å². The third-order valence-corrected chi connectivity index (χ3v) is 8.01. The maximum absolute atomic E-state index is 12.3. The van der Waals surface area contributed by atoms with Crippen molar-refractivity contribution < 1.29 is 20.1 Å². The van der Waals surface area contributed by atoms with Gasteiger partial charge in [-0.25, -0.2) is 0 Å². The third kappa shape index (κ3) is 31.8. The lowest BCUT2D eigenvalue weighted by Gasteiger charge is -2.20. The summed E-state index contributed by atoms with van der Waals surface area (Å²) in [5.74, 6) is -0.401. The zero-order chi connectivity index (χ0) is 33.1. The van der Waals surface area contributed by atoms with E-state index >= 15 is 0 Å². The van der Waals surface area contributed by atoms with E-state index in [1.165, 1.54) is 103 Å².